The molecule has 0 saturated carbocycles. The van der Waals surface area contributed by atoms with Gasteiger partial charge in [-0.05, 0) is 23.3 Å². The van der Waals surface area contributed by atoms with E-state index in [1.54, 1.807) is 23.5 Å². The van der Waals surface area contributed by atoms with Gasteiger partial charge in [-0.25, -0.2) is 0 Å². The van der Waals surface area contributed by atoms with Gasteiger partial charge < -0.3 is 0 Å². The molecule has 2 heterocycles. The Bertz CT molecular complexity index is 383. The van der Waals surface area contributed by atoms with Crippen molar-refractivity contribution in [3.05, 3.63) is 23.3 Å². The zero-order valence-electron chi connectivity index (χ0n) is 7.20. The molecule has 0 nitrogen and oxygen atoms in total. The molecule has 4 heteroatoms. The Kier molecular flexibility index (Phi) is 2.20. The van der Waals surface area contributed by atoms with Crippen LogP contribution in [0.5, 0.6) is 0 Å². The number of rotatable bonds is 0. The second-order valence-corrected chi connectivity index (χ2v) is 7.15. The Balaban J connectivity index is 2.13. The van der Waals surface area contributed by atoms with Crippen LogP contribution >= 0.6 is 48.0 Å². The lowest BCUT2D eigenvalue weighted by atomic mass is 10.1. The highest BCUT2D eigenvalue weighted by Crippen LogP contribution is 2.41. The van der Waals surface area contributed by atoms with Crippen LogP contribution < -0.4 is 0 Å². The monoisotopic (exact) mass is 254 g/mol. The fraction of sp³-hybridized carbons (Fsp3) is 0.200. The standard InChI is InChI=1S/C10H6S4/c11-9-3-5-1-7-6(2-8(5)14-9)4-10(12)13-7/h1-2H,3-4H2. The van der Waals surface area contributed by atoms with E-state index in [1.807, 2.05) is 0 Å². The summed E-state index contributed by atoms with van der Waals surface area (Å²) in [7, 11) is 0. The summed E-state index contributed by atoms with van der Waals surface area (Å²) in [4.78, 5) is 2.69. The van der Waals surface area contributed by atoms with Gasteiger partial charge in [-0.15, -0.1) is 0 Å². The van der Waals surface area contributed by atoms with Crippen molar-refractivity contribution < 1.29 is 0 Å². The summed E-state index contributed by atoms with van der Waals surface area (Å²) in [6, 6.07) is 4.53. The maximum atomic E-state index is 5.22. The summed E-state index contributed by atoms with van der Waals surface area (Å²) in [5, 5.41) is 0. The van der Waals surface area contributed by atoms with Gasteiger partial charge in [0.25, 0.3) is 0 Å². The molecule has 0 saturated heterocycles. The lowest BCUT2D eigenvalue weighted by Crippen LogP contribution is -1.87. The van der Waals surface area contributed by atoms with Crippen molar-refractivity contribution >= 4 is 56.4 Å². The summed E-state index contributed by atoms with van der Waals surface area (Å²) < 4.78 is 2.19. The van der Waals surface area contributed by atoms with Gasteiger partial charge >= 0.3 is 0 Å². The molecular formula is C10H6S4. The topological polar surface area (TPSA) is 0 Å². The van der Waals surface area contributed by atoms with Crippen molar-refractivity contribution in [2.75, 3.05) is 0 Å². The van der Waals surface area contributed by atoms with Crippen molar-refractivity contribution in [3.8, 4) is 0 Å². The molecule has 0 atom stereocenters. The number of hydrogen-bond donors (Lipinski definition) is 0. The molecule has 0 N–H and O–H groups in total. The van der Waals surface area contributed by atoms with Crippen molar-refractivity contribution in [2.45, 2.75) is 22.6 Å². The van der Waals surface area contributed by atoms with E-state index < -0.39 is 0 Å². The van der Waals surface area contributed by atoms with Gasteiger partial charge in [0.15, 0.2) is 0 Å². The van der Waals surface area contributed by atoms with Crippen LogP contribution in [0.25, 0.3) is 0 Å². The average molecular weight is 254 g/mol. The minimum absolute atomic E-state index is 0.954. The van der Waals surface area contributed by atoms with Crippen molar-refractivity contribution in [1.29, 1.82) is 0 Å². The molecule has 0 fully saturated rings. The third kappa shape index (κ3) is 1.45. The third-order valence-electron chi connectivity index (χ3n) is 2.36. The van der Waals surface area contributed by atoms with Gasteiger partial charge in [0.2, 0.25) is 0 Å². The average Bonchev–Trinajstić information content (AvgIpc) is 2.59. The normalized spacial score (nSPS) is 18.6. The lowest BCUT2D eigenvalue weighted by molar-refractivity contribution is 1.15. The number of fused-ring (bicyclic) bond motifs is 2. The lowest BCUT2D eigenvalue weighted by Gasteiger charge is -2.01. The first-order valence-corrected chi connectivity index (χ1v) is 6.74. The minimum atomic E-state index is 0.954. The van der Waals surface area contributed by atoms with E-state index >= 15 is 0 Å². The predicted molar refractivity (Wildman–Crippen MR) is 70.8 cm³/mol. The molecule has 0 bridgehead atoms. The molecule has 2 aliphatic heterocycles. The van der Waals surface area contributed by atoms with Crippen LogP contribution in [0.4, 0.5) is 0 Å². The minimum Gasteiger partial charge on any atom is -0.0821 e. The fourth-order valence-electron chi connectivity index (χ4n) is 1.74. The number of thiocarbonyl (C=S) groups is 2. The summed E-state index contributed by atoms with van der Waals surface area (Å²) in [6.07, 6.45) is 1.91. The van der Waals surface area contributed by atoms with E-state index in [4.69, 9.17) is 24.4 Å². The second-order valence-electron chi connectivity index (χ2n) is 3.37. The van der Waals surface area contributed by atoms with Crippen LogP contribution in [-0.2, 0) is 12.8 Å². The molecule has 0 spiro atoms. The zero-order valence-corrected chi connectivity index (χ0v) is 10.5. The van der Waals surface area contributed by atoms with E-state index in [2.05, 4.69) is 12.1 Å². The molecule has 0 amide bonds. The first-order valence-electron chi connectivity index (χ1n) is 4.29. The number of benzene rings is 1. The Labute approximate surface area is 102 Å². The van der Waals surface area contributed by atoms with Crippen molar-refractivity contribution in [3.63, 3.8) is 0 Å². The van der Waals surface area contributed by atoms with Gasteiger partial charge in [0.1, 0.15) is 0 Å². The molecular weight excluding hydrogens is 248 g/mol. The Morgan fingerprint density at radius 1 is 0.857 bits per heavy atom. The molecule has 0 unspecified atom stereocenters. The Morgan fingerprint density at radius 2 is 1.29 bits per heavy atom. The van der Waals surface area contributed by atoms with Gasteiger partial charge in [-0.2, -0.15) is 0 Å². The maximum absolute atomic E-state index is 5.22. The van der Waals surface area contributed by atoms with Gasteiger partial charge in [0, 0.05) is 22.6 Å². The summed E-state index contributed by atoms with van der Waals surface area (Å²) in [5.74, 6) is 0. The SMILES string of the molecule is S=C1Cc2cc3c(cc2S1)CC(=S)S3. The van der Waals surface area contributed by atoms with E-state index in [0.29, 0.717) is 0 Å². The fourth-order valence-corrected chi connectivity index (χ4v) is 4.46. The van der Waals surface area contributed by atoms with Crippen molar-refractivity contribution in [2.24, 2.45) is 0 Å². The number of hydrogen-bond acceptors (Lipinski definition) is 4. The molecule has 3 rings (SSSR count). The van der Waals surface area contributed by atoms with E-state index in [-0.39, 0.29) is 0 Å². The molecule has 0 aromatic heterocycles. The first kappa shape index (κ1) is 9.33. The van der Waals surface area contributed by atoms with Gasteiger partial charge in [-0.1, -0.05) is 48.0 Å². The molecule has 0 aliphatic carbocycles. The quantitative estimate of drug-likeness (QED) is 0.648. The largest absolute Gasteiger partial charge is 0.0821 e. The first-order chi connectivity index (χ1) is 6.72. The highest BCUT2D eigenvalue weighted by atomic mass is 32.2. The number of thioether (sulfide) groups is 2. The Hall–Kier alpha value is 0.1000. The molecule has 2 aliphatic rings. The summed E-state index contributed by atoms with van der Waals surface area (Å²) >= 11 is 13.9. The zero-order chi connectivity index (χ0) is 9.71. The molecule has 70 valence electrons. The van der Waals surface area contributed by atoms with Gasteiger partial charge in [0.05, 0.1) is 8.39 Å². The maximum Gasteiger partial charge on any atom is 0.0571 e. The van der Waals surface area contributed by atoms with Crippen LogP contribution in [0.1, 0.15) is 11.1 Å². The highest BCUT2D eigenvalue weighted by Gasteiger charge is 2.23. The molecule has 1 aromatic rings. The highest BCUT2D eigenvalue weighted by molar-refractivity contribution is 8.24. The van der Waals surface area contributed by atoms with Crippen LogP contribution in [0, 0.1) is 0 Å². The van der Waals surface area contributed by atoms with E-state index in [0.717, 1.165) is 21.2 Å². The van der Waals surface area contributed by atoms with Crippen LogP contribution in [0.15, 0.2) is 21.9 Å². The van der Waals surface area contributed by atoms with E-state index in [1.165, 1.54) is 20.9 Å². The second kappa shape index (κ2) is 3.30. The van der Waals surface area contributed by atoms with Crippen LogP contribution in [-0.4, -0.2) is 8.39 Å². The Morgan fingerprint density at radius 3 is 1.71 bits per heavy atom. The summed E-state index contributed by atoms with van der Waals surface area (Å²) in [5.41, 5.74) is 2.77. The summed E-state index contributed by atoms with van der Waals surface area (Å²) in [6.45, 7) is 0. The van der Waals surface area contributed by atoms with Gasteiger partial charge in [-0.3, -0.25) is 0 Å². The molecule has 1 aromatic carbocycles. The van der Waals surface area contributed by atoms with Crippen LogP contribution in [0.3, 0.4) is 0 Å². The van der Waals surface area contributed by atoms with Crippen LogP contribution in [0.2, 0.25) is 0 Å². The molecule has 0 radical (unpaired) electrons. The smallest absolute Gasteiger partial charge is 0.0571 e. The van der Waals surface area contributed by atoms with E-state index in [9.17, 15) is 0 Å². The third-order valence-corrected chi connectivity index (χ3v) is 5.09. The predicted octanol–water partition coefficient (Wildman–Crippen LogP) is 3.64. The molecule has 14 heavy (non-hydrogen) atoms. The van der Waals surface area contributed by atoms with Crippen molar-refractivity contribution in [1.82, 2.24) is 0 Å².